The molecular weight excluding hydrogens is 286 g/mol. The van der Waals surface area contributed by atoms with Crippen LogP contribution in [0.3, 0.4) is 0 Å². The van der Waals surface area contributed by atoms with Crippen LogP contribution in [0.25, 0.3) is 0 Å². The van der Waals surface area contributed by atoms with Gasteiger partial charge in [-0.15, -0.1) is 0 Å². The summed E-state index contributed by atoms with van der Waals surface area (Å²) in [7, 11) is 0. The minimum Gasteiger partial charge on any atom is -0.462 e. The molecule has 122 valence electrons. The molecule has 1 amide bonds. The van der Waals surface area contributed by atoms with E-state index in [1.54, 1.807) is 6.92 Å². The zero-order valence-electron chi connectivity index (χ0n) is 13.2. The van der Waals surface area contributed by atoms with E-state index in [1.165, 1.54) is 25.7 Å². The van der Waals surface area contributed by atoms with Gasteiger partial charge in [-0.3, -0.25) is 4.79 Å². The van der Waals surface area contributed by atoms with Crippen molar-refractivity contribution in [3.8, 4) is 0 Å². The molecule has 0 aliphatic carbocycles. The SMILES string of the molecule is C=C(C)C(=O)OCCCNC(=O)CCCCCCCCS. The van der Waals surface area contributed by atoms with Crippen LogP contribution >= 0.6 is 12.6 Å². The normalized spacial score (nSPS) is 10.2. The first-order valence-electron chi connectivity index (χ1n) is 7.78. The van der Waals surface area contributed by atoms with E-state index in [0.717, 1.165) is 18.6 Å². The summed E-state index contributed by atoms with van der Waals surface area (Å²) in [5.74, 6) is 0.667. The second kappa shape index (κ2) is 14.0. The van der Waals surface area contributed by atoms with Crippen molar-refractivity contribution >= 4 is 24.5 Å². The fraction of sp³-hybridized carbons (Fsp3) is 0.750. The third-order valence-corrected chi connectivity index (χ3v) is 3.35. The van der Waals surface area contributed by atoms with E-state index < -0.39 is 0 Å². The fourth-order valence-electron chi connectivity index (χ4n) is 1.78. The van der Waals surface area contributed by atoms with Gasteiger partial charge in [0.05, 0.1) is 6.61 Å². The Bertz CT molecular complexity index is 319. The second-order valence-corrected chi connectivity index (χ2v) is 5.66. The molecule has 0 aliphatic heterocycles. The van der Waals surface area contributed by atoms with Crippen molar-refractivity contribution in [3.63, 3.8) is 0 Å². The molecule has 0 unspecified atom stereocenters. The Hall–Kier alpha value is -0.970. The lowest BCUT2D eigenvalue weighted by Gasteiger charge is -2.06. The summed E-state index contributed by atoms with van der Waals surface area (Å²) in [5.41, 5.74) is 0.397. The number of ether oxygens (including phenoxy) is 1. The predicted molar refractivity (Wildman–Crippen MR) is 89.6 cm³/mol. The van der Waals surface area contributed by atoms with Crippen molar-refractivity contribution in [2.75, 3.05) is 18.9 Å². The number of amides is 1. The summed E-state index contributed by atoms with van der Waals surface area (Å²) >= 11 is 4.17. The first-order valence-corrected chi connectivity index (χ1v) is 8.41. The summed E-state index contributed by atoms with van der Waals surface area (Å²) < 4.78 is 4.94. The fourth-order valence-corrected chi connectivity index (χ4v) is 2.00. The van der Waals surface area contributed by atoms with E-state index in [2.05, 4.69) is 24.5 Å². The number of hydrogen-bond acceptors (Lipinski definition) is 4. The highest BCUT2D eigenvalue weighted by Gasteiger charge is 2.03. The largest absolute Gasteiger partial charge is 0.462 e. The minimum absolute atomic E-state index is 0.0802. The molecule has 0 saturated carbocycles. The highest BCUT2D eigenvalue weighted by molar-refractivity contribution is 7.80. The molecule has 0 aromatic rings. The summed E-state index contributed by atoms with van der Waals surface area (Å²) in [6, 6.07) is 0. The zero-order valence-corrected chi connectivity index (χ0v) is 14.1. The maximum atomic E-state index is 11.5. The van der Waals surface area contributed by atoms with Crippen LogP contribution < -0.4 is 5.32 Å². The maximum absolute atomic E-state index is 11.5. The van der Waals surface area contributed by atoms with Gasteiger partial charge in [0.25, 0.3) is 0 Å². The Morgan fingerprint density at radius 3 is 2.29 bits per heavy atom. The van der Waals surface area contributed by atoms with Gasteiger partial charge in [0, 0.05) is 18.5 Å². The van der Waals surface area contributed by atoms with Gasteiger partial charge >= 0.3 is 5.97 Å². The van der Waals surface area contributed by atoms with Gasteiger partial charge in [0.15, 0.2) is 0 Å². The topological polar surface area (TPSA) is 55.4 Å². The molecule has 21 heavy (non-hydrogen) atoms. The zero-order chi connectivity index (χ0) is 15.9. The molecule has 1 N–H and O–H groups in total. The maximum Gasteiger partial charge on any atom is 0.333 e. The number of thiol groups is 1. The van der Waals surface area contributed by atoms with E-state index in [9.17, 15) is 9.59 Å². The van der Waals surface area contributed by atoms with E-state index in [-0.39, 0.29) is 11.9 Å². The molecule has 0 saturated heterocycles. The molecule has 0 aliphatic rings. The standard InChI is InChI=1S/C16H29NO3S/c1-14(2)16(19)20-12-9-11-17-15(18)10-7-5-3-4-6-8-13-21/h21H,1,3-13H2,2H3,(H,17,18). The highest BCUT2D eigenvalue weighted by atomic mass is 32.1. The van der Waals surface area contributed by atoms with Gasteiger partial charge in [-0.25, -0.2) is 4.79 Å². The molecule has 0 radical (unpaired) electrons. The summed E-state index contributed by atoms with van der Waals surface area (Å²) in [5, 5.41) is 2.83. The van der Waals surface area contributed by atoms with Crippen LogP contribution in [0, 0.1) is 0 Å². The number of hydrogen-bond donors (Lipinski definition) is 2. The molecule has 0 spiro atoms. The lowest BCUT2D eigenvalue weighted by Crippen LogP contribution is -2.25. The highest BCUT2D eigenvalue weighted by Crippen LogP contribution is 2.07. The minimum atomic E-state index is -0.376. The monoisotopic (exact) mass is 315 g/mol. The third-order valence-electron chi connectivity index (χ3n) is 3.04. The predicted octanol–water partition coefficient (Wildman–Crippen LogP) is 3.27. The van der Waals surface area contributed by atoms with E-state index >= 15 is 0 Å². The summed E-state index contributed by atoms with van der Waals surface area (Å²) in [6.07, 6.45) is 8.10. The molecule has 0 aromatic carbocycles. The van der Waals surface area contributed by atoms with Crippen LogP contribution in [0.5, 0.6) is 0 Å². The Kier molecular flexibility index (Phi) is 13.3. The average molecular weight is 315 g/mol. The van der Waals surface area contributed by atoms with Gasteiger partial charge < -0.3 is 10.1 Å². The molecule has 0 fully saturated rings. The number of carbonyl (C=O) groups excluding carboxylic acids is 2. The van der Waals surface area contributed by atoms with Crippen molar-refractivity contribution in [1.82, 2.24) is 5.32 Å². The number of unbranched alkanes of at least 4 members (excludes halogenated alkanes) is 5. The van der Waals surface area contributed by atoms with Crippen LogP contribution in [0.15, 0.2) is 12.2 Å². The molecule has 0 heterocycles. The molecule has 5 heteroatoms. The van der Waals surface area contributed by atoms with Crippen molar-refractivity contribution in [3.05, 3.63) is 12.2 Å². The van der Waals surface area contributed by atoms with E-state index in [1.807, 2.05) is 0 Å². The van der Waals surface area contributed by atoms with Gasteiger partial charge in [-0.1, -0.05) is 32.3 Å². The molecular formula is C16H29NO3S. The number of nitrogens with one attached hydrogen (secondary N) is 1. The Balaban J connectivity index is 3.31. The van der Waals surface area contributed by atoms with Crippen LogP contribution in [-0.4, -0.2) is 30.8 Å². The van der Waals surface area contributed by atoms with Crippen molar-refractivity contribution in [2.24, 2.45) is 0 Å². The molecule has 0 bridgehead atoms. The number of esters is 1. The summed E-state index contributed by atoms with van der Waals surface area (Å²) in [6.45, 7) is 5.98. The lowest BCUT2D eigenvalue weighted by atomic mass is 10.1. The van der Waals surface area contributed by atoms with E-state index in [0.29, 0.717) is 31.6 Å². The van der Waals surface area contributed by atoms with Crippen LogP contribution in [0.2, 0.25) is 0 Å². The smallest absolute Gasteiger partial charge is 0.333 e. The molecule has 0 rings (SSSR count). The van der Waals surface area contributed by atoms with Crippen LogP contribution in [0.4, 0.5) is 0 Å². The second-order valence-electron chi connectivity index (χ2n) is 5.21. The van der Waals surface area contributed by atoms with E-state index in [4.69, 9.17) is 4.74 Å². The Labute approximate surface area is 134 Å². The molecule has 0 atom stereocenters. The quantitative estimate of drug-likeness (QED) is 0.237. The number of carbonyl (C=O) groups is 2. The van der Waals surface area contributed by atoms with Gasteiger partial charge in [-0.2, -0.15) is 12.6 Å². The Morgan fingerprint density at radius 2 is 1.67 bits per heavy atom. The lowest BCUT2D eigenvalue weighted by molar-refractivity contribution is -0.138. The Morgan fingerprint density at radius 1 is 1.05 bits per heavy atom. The average Bonchev–Trinajstić information content (AvgIpc) is 2.45. The van der Waals surface area contributed by atoms with Crippen molar-refractivity contribution in [2.45, 2.75) is 58.3 Å². The van der Waals surface area contributed by atoms with Gasteiger partial charge in [-0.05, 0) is 31.9 Å². The van der Waals surface area contributed by atoms with Crippen molar-refractivity contribution < 1.29 is 14.3 Å². The van der Waals surface area contributed by atoms with Crippen LogP contribution in [-0.2, 0) is 14.3 Å². The molecule has 4 nitrogen and oxygen atoms in total. The first-order chi connectivity index (χ1) is 10.1. The van der Waals surface area contributed by atoms with Crippen LogP contribution in [0.1, 0.15) is 58.3 Å². The number of rotatable bonds is 13. The first kappa shape index (κ1) is 20.0. The van der Waals surface area contributed by atoms with Crippen molar-refractivity contribution in [1.29, 1.82) is 0 Å². The third kappa shape index (κ3) is 13.8. The molecule has 0 aromatic heterocycles. The van der Waals surface area contributed by atoms with Gasteiger partial charge in [0.1, 0.15) is 0 Å². The summed E-state index contributed by atoms with van der Waals surface area (Å²) in [4.78, 5) is 22.6. The van der Waals surface area contributed by atoms with Gasteiger partial charge in [0.2, 0.25) is 5.91 Å².